The van der Waals surface area contributed by atoms with Crippen LogP contribution in [0.25, 0.3) is 15.9 Å². The molecule has 0 atom stereocenters. The highest BCUT2D eigenvalue weighted by atomic mass is 32.1. The molecule has 1 aliphatic rings. The van der Waals surface area contributed by atoms with Gasteiger partial charge in [0.25, 0.3) is 5.56 Å². The Morgan fingerprint density at radius 3 is 2.46 bits per heavy atom. The van der Waals surface area contributed by atoms with E-state index < -0.39 is 17.6 Å². The van der Waals surface area contributed by atoms with Crippen molar-refractivity contribution in [1.29, 1.82) is 0 Å². The smallest absolute Gasteiger partial charge is 0.450 e. The summed E-state index contributed by atoms with van der Waals surface area (Å²) in [6.45, 7) is 0. The lowest BCUT2D eigenvalue weighted by Crippen LogP contribution is -2.28. The zero-order chi connectivity index (χ0) is 18.5. The van der Waals surface area contributed by atoms with Crippen molar-refractivity contribution in [3.8, 4) is 11.4 Å². The summed E-state index contributed by atoms with van der Waals surface area (Å²) in [5.41, 5.74) is 0.178. The Labute approximate surface area is 150 Å². The lowest BCUT2D eigenvalue weighted by atomic mass is 10.1. The van der Waals surface area contributed by atoms with Gasteiger partial charge in [-0.3, -0.25) is 9.36 Å². The molecule has 0 fully saturated rings. The minimum absolute atomic E-state index is 0.0306. The third-order valence-electron chi connectivity index (χ3n) is 4.60. The van der Waals surface area contributed by atoms with Crippen molar-refractivity contribution in [2.75, 3.05) is 0 Å². The number of hydrogen-bond donors (Lipinski definition) is 1. The minimum atomic E-state index is -4.77. The lowest BCUT2D eigenvalue weighted by molar-refractivity contribution is -0.146. The monoisotopic (exact) mass is 380 g/mol. The minimum Gasteiger partial charge on any atom is -0.508 e. The number of phenols is 1. The summed E-state index contributed by atoms with van der Waals surface area (Å²) in [6.07, 6.45) is -0.379. The molecule has 8 heteroatoms. The van der Waals surface area contributed by atoms with Crippen LogP contribution in [0.4, 0.5) is 13.2 Å². The Bertz CT molecular complexity index is 1040. The van der Waals surface area contributed by atoms with Crippen molar-refractivity contribution < 1.29 is 18.3 Å². The van der Waals surface area contributed by atoms with Crippen molar-refractivity contribution in [1.82, 2.24) is 9.55 Å². The summed E-state index contributed by atoms with van der Waals surface area (Å²) in [6, 6.07) is 5.07. The number of aromatic nitrogens is 2. The molecular formula is C18H15F3N2O2S. The summed E-state index contributed by atoms with van der Waals surface area (Å²) in [7, 11) is 0. The van der Waals surface area contributed by atoms with Crippen LogP contribution < -0.4 is 5.56 Å². The first-order valence-corrected chi connectivity index (χ1v) is 9.12. The van der Waals surface area contributed by atoms with Crippen LogP contribution in [-0.4, -0.2) is 14.7 Å². The van der Waals surface area contributed by atoms with Crippen LogP contribution in [0.1, 0.15) is 35.5 Å². The van der Waals surface area contributed by atoms with Gasteiger partial charge in [0.05, 0.1) is 11.1 Å². The average Bonchev–Trinajstić information content (AvgIpc) is 2.77. The molecule has 0 aliphatic heterocycles. The quantitative estimate of drug-likeness (QED) is 0.635. The van der Waals surface area contributed by atoms with E-state index >= 15 is 0 Å². The maximum absolute atomic E-state index is 13.6. The molecule has 3 aromatic rings. The van der Waals surface area contributed by atoms with Gasteiger partial charge < -0.3 is 5.11 Å². The van der Waals surface area contributed by atoms with Gasteiger partial charge in [0.2, 0.25) is 5.82 Å². The highest BCUT2D eigenvalue weighted by molar-refractivity contribution is 7.18. The molecule has 1 N–H and O–H groups in total. The van der Waals surface area contributed by atoms with Gasteiger partial charge in [-0.15, -0.1) is 11.3 Å². The van der Waals surface area contributed by atoms with E-state index in [-0.39, 0.29) is 16.3 Å². The molecule has 0 unspecified atom stereocenters. The van der Waals surface area contributed by atoms with Crippen molar-refractivity contribution in [2.24, 2.45) is 0 Å². The van der Waals surface area contributed by atoms with Crippen LogP contribution in [0.2, 0.25) is 0 Å². The van der Waals surface area contributed by atoms with Gasteiger partial charge in [0.1, 0.15) is 10.6 Å². The maximum Gasteiger partial charge on any atom is 0.450 e. The van der Waals surface area contributed by atoms with E-state index in [1.165, 1.54) is 35.6 Å². The molecule has 136 valence electrons. The molecule has 1 aliphatic carbocycles. The number of aryl methyl sites for hydroxylation is 2. The molecule has 0 radical (unpaired) electrons. The second-order valence-corrected chi connectivity index (χ2v) is 7.42. The fourth-order valence-corrected chi connectivity index (χ4v) is 4.66. The molecule has 0 amide bonds. The first-order chi connectivity index (χ1) is 12.4. The van der Waals surface area contributed by atoms with Gasteiger partial charge in [-0.05, 0) is 55.5 Å². The number of alkyl halides is 3. The number of rotatable bonds is 1. The molecule has 0 bridgehead atoms. The lowest BCUT2D eigenvalue weighted by Gasteiger charge is -2.15. The largest absolute Gasteiger partial charge is 0.508 e. The first-order valence-electron chi connectivity index (χ1n) is 8.30. The van der Waals surface area contributed by atoms with E-state index in [1.54, 1.807) is 0 Å². The van der Waals surface area contributed by atoms with Crippen LogP contribution in [0, 0.1) is 0 Å². The molecule has 26 heavy (non-hydrogen) atoms. The number of benzene rings is 1. The number of hydrogen-bond acceptors (Lipinski definition) is 4. The molecule has 0 spiro atoms. The normalized spacial score (nSPS) is 15.0. The van der Waals surface area contributed by atoms with Gasteiger partial charge >= 0.3 is 6.18 Å². The fraction of sp³-hybridized carbons (Fsp3) is 0.333. The standard InChI is InChI=1S/C18H15F3N2O2S/c19-18(20,21)17-22-15-14(12-4-2-1-3-5-13(12)26-15)16(25)23(17)10-6-8-11(24)9-7-10/h6-9,24H,1-5H2. The number of aromatic hydroxyl groups is 1. The molecule has 4 nitrogen and oxygen atoms in total. The van der Waals surface area contributed by atoms with Crippen molar-refractivity contribution in [3.63, 3.8) is 0 Å². The summed E-state index contributed by atoms with van der Waals surface area (Å²) in [5, 5.41) is 9.71. The van der Waals surface area contributed by atoms with Gasteiger partial charge in [-0.1, -0.05) is 6.42 Å². The molecule has 4 rings (SSSR count). The van der Waals surface area contributed by atoms with Gasteiger partial charge in [-0.25, -0.2) is 4.98 Å². The highest BCUT2D eigenvalue weighted by Gasteiger charge is 2.38. The number of phenolic OH excluding ortho intramolecular Hbond substituents is 1. The average molecular weight is 380 g/mol. The SMILES string of the molecule is O=c1c2c3c(sc2nc(C(F)(F)F)n1-c1ccc(O)cc1)CCCCC3. The first kappa shape index (κ1) is 17.1. The third kappa shape index (κ3) is 2.78. The molecular weight excluding hydrogens is 365 g/mol. The molecule has 0 saturated carbocycles. The zero-order valence-electron chi connectivity index (χ0n) is 13.6. The van der Waals surface area contributed by atoms with Gasteiger partial charge in [0, 0.05) is 4.88 Å². The second kappa shape index (κ2) is 6.12. The fourth-order valence-electron chi connectivity index (χ4n) is 3.41. The Balaban J connectivity index is 2.07. The molecule has 2 aromatic heterocycles. The Morgan fingerprint density at radius 1 is 1.08 bits per heavy atom. The molecule has 0 saturated heterocycles. The van der Waals surface area contributed by atoms with Crippen LogP contribution in [0.3, 0.4) is 0 Å². The van der Waals surface area contributed by atoms with E-state index in [9.17, 15) is 23.1 Å². The van der Waals surface area contributed by atoms with Crippen molar-refractivity contribution >= 4 is 21.6 Å². The van der Waals surface area contributed by atoms with E-state index in [0.29, 0.717) is 16.4 Å². The molecule has 2 heterocycles. The molecule has 1 aromatic carbocycles. The Hall–Kier alpha value is -2.35. The number of fused-ring (bicyclic) bond motifs is 3. The van der Waals surface area contributed by atoms with E-state index in [2.05, 4.69) is 4.98 Å². The number of nitrogens with zero attached hydrogens (tertiary/aromatic N) is 2. The number of thiophene rings is 1. The van der Waals surface area contributed by atoms with Gasteiger partial charge in [-0.2, -0.15) is 13.2 Å². The summed E-state index contributed by atoms with van der Waals surface area (Å²) in [4.78, 5) is 18.1. The maximum atomic E-state index is 13.6. The Morgan fingerprint density at radius 2 is 1.77 bits per heavy atom. The topological polar surface area (TPSA) is 55.1 Å². The zero-order valence-corrected chi connectivity index (χ0v) is 14.5. The van der Waals surface area contributed by atoms with Crippen molar-refractivity contribution in [2.45, 2.75) is 38.3 Å². The van der Waals surface area contributed by atoms with E-state index in [1.807, 2.05) is 0 Å². The van der Waals surface area contributed by atoms with Crippen LogP contribution >= 0.6 is 11.3 Å². The summed E-state index contributed by atoms with van der Waals surface area (Å²) in [5.74, 6) is -1.33. The van der Waals surface area contributed by atoms with E-state index in [4.69, 9.17) is 0 Å². The van der Waals surface area contributed by atoms with E-state index in [0.717, 1.165) is 36.1 Å². The number of halogens is 3. The third-order valence-corrected chi connectivity index (χ3v) is 5.79. The summed E-state index contributed by atoms with van der Waals surface area (Å²) >= 11 is 1.20. The predicted octanol–water partition coefficient (Wildman–Crippen LogP) is 4.44. The highest BCUT2D eigenvalue weighted by Crippen LogP contribution is 2.36. The predicted molar refractivity (Wildman–Crippen MR) is 93.1 cm³/mol. The Kier molecular flexibility index (Phi) is 4.02. The van der Waals surface area contributed by atoms with Gasteiger partial charge in [0.15, 0.2) is 0 Å². The van der Waals surface area contributed by atoms with Crippen LogP contribution in [-0.2, 0) is 19.0 Å². The second-order valence-electron chi connectivity index (χ2n) is 6.33. The van der Waals surface area contributed by atoms with Crippen LogP contribution in [0.15, 0.2) is 29.1 Å². The summed E-state index contributed by atoms with van der Waals surface area (Å²) < 4.78 is 41.4. The van der Waals surface area contributed by atoms with Crippen LogP contribution in [0.5, 0.6) is 5.75 Å². The van der Waals surface area contributed by atoms with Crippen molar-refractivity contribution in [3.05, 3.63) is 50.9 Å².